The Bertz CT molecular complexity index is 1800. The molecule has 2 N–H and O–H groups in total. The second kappa shape index (κ2) is 12.9. The van der Waals surface area contributed by atoms with Crippen LogP contribution < -0.4 is 10.6 Å². The molecule has 2 aliphatic rings. The van der Waals surface area contributed by atoms with Gasteiger partial charge in [-0.2, -0.15) is 10.2 Å². The fourth-order valence-corrected chi connectivity index (χ4v) is 3.98. The second-order valence-corrected chi connectivity index (χ2v) is 9.80. The van der Waals surface area contributed by atoms with Crippen molar-refractivity contribution >= 4 is 57.9 Å². The lowest BCUT2D eigenvalue weighted by atomic mass is 10.1. The van der Waals surface area contributed by atoms with Gasteiger partial charge in [-0.3, -0.25) is 30.3 Å². The number of benzene rings is 2. The number of imide groups is 2. The lowest BCUT2D eigenvalue weighted by Gasteiger charge is -2.02. The maximum Gasteiger partial charge on any atom is 0.344 e. The monoisotopic (exact) mass is 662 g/mol. The summed E-state index contributed by atoms with van der Waals surface area (Å²) in [5, 5.41) is 24.5. The normalized spacial score (nSPS) is 14.8. The zero-order chi connectivity index (χ0) is 31.2. The Hall–Kier alpha value is -5.97. The van der Waals surface area contributed by atoms with E-state index >= 15 is 0 Å². The first kappa shape index (κ1) is 29.5. The van der Waals surface area contributed by atoms with E-state index < -0.39 is 22.9 Å². The quantitative estimate of drug-likeness (QED) is 0.128. The third-order valence-corrected chi connectivity index (χ3v) is 6.35. The van der Waals surface area contributed by atoms with Crippen LogP contribution in [0.2, 0.25) is 0 Å². The molecule has 0 bridgehead atoms. The molecule has 2 aromatic carbocycles. The van der Waals surface area contributed by atoms with Gasteiger partial charge in [-0.15, -0.1) is 0 Å². The number of rotatable bonds is 7. The van der Waals surface area contributed by atoms with E-state index in [1.165, 1.54) is 24.6 Å². The summed E-state index contributed by atoms with van der Waals surface area (Å²) in [5.41, 5.74) is 1.54. The zero-order valence-electron chi connectivity index (χ0n) is 22.2. The van der Waals surface area contributed by atoms with Crippen LogP contribution in [-0.4, -0.2) is 69.3 Å². The maximum atomic E-state index is 11.3. The first-order chi connectivity index (χ1) is 21.1. The molecule has 17 heteroatoms. The highest BCUT2D eigenvalue weighted by atomic mass is 79.9. The molecule has 2 aromatic heterocycles. The number of nitro benzene ring substituents is 1. The van der Waals surface area contributed by atoms with Gasteiger partial charge in [0.15, 0.2) is 5.76 Å². The highest BCUT2D eigenvalue weighted by Crippen LogP contribution is 2.24. The molecule has 0 atom stereocenters. The van der Waals surface area contributed by atoms with Crippen LogP contribution in [0.15, 0.2) is 90.4 Å². The molecule has 16 nitrogen and oxygen atoms in total. The average molecular weight is 663 g/mol. The molecule has 0 unspecified atom stereocenters. The van der Waals surface area contributed by atoms with Crippen molar-refractivity contribution < 1.29 is 32.9 Å². The van der Waals surface area contributed by atoms with Crippen LogP contribution in [0.5, 0.6) is 0 Å². The molecule has 2 aliphatic heterocycles. The number of furan rings is 1. The summed E-state index contributed by atoms with van der Waals surface area (Å²) in [7, 11) is 0. The van der Waals surface area contributed by atoms with Crippen molar-refractivity contribution in [2.75, 3.05) is 13.1 Å². The Kier molecular flexibility index (Phi) is 8.66. The summed E-state index contributed by atoms with van der Waals surface area (Å²) in [5.74, 6) is 0.915. The van der Waals surface area contributed by atoms with Gasteiger partial charge in [0.05, 0.1) is 17.3 Å². The summed E-state index contributed by atoms with van der Waals surface area (Å²) in [6.45, 7) is -0.235. The number of hydrogen-bond donors (Lipinski definition) is 2. The van der Waals surface area contributed by atoms with Crippen LogP contribution in [0, 0.1) is 10.1 Å². The Morgan fingerprint density at radius 3 is 1.93 bits per heavy atom. The molecule has 0 saturated carbocycles. The van der Waals surface area contributed by atoms with Crippen molar-refractivity contribution in [3.8, 4) is 22.6 Å². The highest BCUT2D eigenvalue weighted by molar-refractivity contribution is 9.10. The molecular formula is C27H19BrN8O8. The van der Waals surface area contributed by atoms with Crippen LogP contribution in [0.4, 0.5) is 15.3 Å². The molecule has 4 aromatic rings. The lowest BCUT2D eigenvalue weighted by Crippen LogP contribution is -2.24. The first-order valence-corrected chi connectivity index (χ1v) is 13.3. The van der Waals surface area contributed by atoms with Crippen molar-refractivity contribution in [1.82, 2.24) is 25.6 Å². The van der Waals surface area contributed by atoms with Gasteiger partial charge in [-0.25, -0.2) is 24.6 Å². The zero-order valence-corrected chi connectivity index (χ0v) is 23.8. The lowest BCUT2D eigenvalue weighted by molar-refractivity contribution is -0.384. The fraction of sp³-hybridized carbons (Fsp3) is 0.0741. The number of nitrogens with zero attached hydrogens (tertiary/aromatic N) is 6. The fourth-order valence-electron chi connectivity index (χ4n) is 3.71. The number of halogens is 1. The molecule has 6 amide bonds. The third kappa shape index (κ3) is 7.26. The molecule has 222 valence electrons. The average Bonchev–Trinajstić information content (AvgIpc) is 3.79. The Balaban J connectivity index is 0.000000175. The Morgan fingerprint density at radius 2 is 1.36 bits per heavy atom. The number of carbonyl (C=O) groups is 4. The molecule has 0 spiro atoms. The number of hydrazone groups is 2. The molecule has 44 heavy (non-hydrogen) atoms. The van der Waals surface area contributed by atoms with E-state index in [1.54, 1.807) is 30.5 Å². The number of urea groups is 2. The molecule has 0 radical (unpaired) electrons. The van der Waals surface area contributed by atoms with E-state index in [4.69, 9.17) is 8.83 Å². The van der Waals surface area contributed by atoms with Gasteiger partial charge in [-0.1, -0.05) is 28.1 Å². The van der Waals surface area contributed by atoms with Gasteiger partial charge in [0.25, 0.3) is 5.69 Å². The maximum absolute atomic E-state index is 11.3. The Morgan fingerprint density at radius 1 is 0.795 bits per heavy atom. The van der Waals surface area contributed by atoms with Crippen LogP contribution >= 0.6 is 15.9 Å². The molecule has 0 aliphatic carbocycles. The second-order valence-electron chi connectivity index (χ2n) is 8.89. The summed E-state index contributed by atoms with van der Waals surface area (Å²) in [4.78, 5) is 58.8. The van der Waals surface area contributed by atoms with E-state index in [-0.39, 0.29) is 30.6 Å². The smallest absolute Gasteiger partial charge is 0.344 e. The van der Waals surface area contributed by atoms with Gasteiger partial charge in [-0.05, 0) is 36.4 Å². The van der Waals surface area contributed by atoms with Gasteiger partial charge >= 0.3 is 12.1 Å². The Labute approximate surface area is 255 Å². The van der Waals surface area contributed by atoms with Crippen LogP contribution in [0.1, 0.15) is 11.7 Å². The van der Waals surface area contributed by atoms with E-state index in [1.807, 2.05) is 24.3 Å². The SMILES string of the molecule is O=C1CN(/N=C/c2ccc(-c3ccc([N+](=O)[O-])cc3)o2)C(=O)N1.O=C1CN(/N=C/c2ncc(-c3ccc(Br)cc3)o2)C(=O)N1. The molecule has 2 fully saturated rings. The number of nitrogens with one attached hydrogen (secondary N) is 2. The van der Waals surface area contributed by atoms with Gasteiger partial charge in [0.2, 0.25) is 17.7 Å². The number of oxazole rings is 1. The minimum absolute atomic E-state index is 0.00759. The van der Waals surface area contributed by atoms with E-state index in [2.05, 4.69) is 41.8 Å². The number of amides is 6. The number of non-ortho nitro benzene ring substituents is 1. The van der Waals surface area contributed by atoms with Crippen molar-refractivity contribution in [2.45, 2.75) is 0 Å². The predicted octanol–water partition coefficient (Wildman–Crippen LogP) is 3.73. The van der Waals surface area contributed by atoms with E-state index in [0.29, 0.717) is 22.8 Å². The minimum Gasteiger partial charge on any atom is -0.455 e. The topological polar surface area (TPSA) is 206 Å². The highest BCUT2D eigenvalue weighted by Gasteiger charge is 2.27. The van der Waals surface area contributed by atoms with Crippen molar-refractivity contribution in [2.24, 2.45) is 10.2 Å². The standard InChI is InChI=1S/C14H10N4O5.C13H9BrN4O3/c19-13-8-17(14(20)16-13)15-7-11-5-6-12(23-11)9-1-3-10(4-2-9)18(21)22;14-9-3-1-8(2-4-9)10-5-15-12(21-10)6-16-18-7-11(19)17-13(18)20/h1-7H,8H2,(H,16,19,20);1-6H,7H2,(H,17,19,20)/b15-7+;16-6+. The van der Waals surface area contributed by atoms with Gasteiger partial charge in [0.1, 0.15) is 30.8 Å². The van der Waals surface area contributed by atoms with Crippen LogP contribution in [0.3, 0.4) is 0 Å². The molecule has 2 saturated heterocycles. The van der Waals surface area contributed by atoms with Crippen molar-refractivity contribution in [1.29, 1.82) is 0 Å². The predicted molar refractivity (Wildman–Crippen MR) is 156 cm³/mol. The largest absolute Gasteiger partial charge is 0.455 e. The summed E-state index contributed by atoms with van der Waals surface area (Å²) < 4.78 is 12.0. The molecule has 6 rings (SSSR count). The third-order valence-electron chi connectivity index (χ3n) is 5.82. The number of hydrogen-bond acceptors (Lipinski definition) is 11. The summed E-state index contributed by atoms with van der Waals surface area (Å²) in [6.07, 6.45) is 4.17. The molecular weight excluding hydrogens is 644 g/mol. The van der Waals surface area contributed by atoms with E-state index in [9.17, 15) is 29.3 Å². The van der Waals surface area contributed by atoms with Gasteiger partial charge < -0.3 is 8.83 Å². The van der Waals surface area contributed by atoms with Crippen LogP contribution in [0.25, 0.3) is 22.6 Å². The number of nitro groups is 1. The van der Waals surface area contributed by atoms with Crippen LogP contribution in [-0.2, 0) is 9.59 Å². The summed E-state index contributed by atoms with van der Waals surface area (Å²) in [6, 6.07) is 15.6. The van der Waals surface area contributed by atoms with Gasteiger partial charge in [0, 0.05) is 27.7 Å². The molecule has 4 heterocycles. The van der Waals surface area contributed by atoms with Crippen molar-refractivity contribution in [3.63, 3.8) is 0 Å². The summed E-state index contributed by atoms with van der Waals surface area (Å²) >= 11 is 3.36. The number of aromatic nitrogens is 1. The van der Waals surface area contributed by atoms with E-state index in [0.717, 1.165) is 20.1 Å². The minimum atomic E-state index is -0.589. The van der Waals surface area contributed by atoms with Crippen molar-refractivity contribution in [3.05, 3.63) is 93.1 Å². The number of carbonyl (C=O) groups excluding carboxylic acids is 4. The first-order valence-electron chi connectivity index (χ1n) is 12.5.